The molecule has 0 aliphatic heterocycles. The van der Waals surface area contributed by atoms with Gasteiger partial charge in [-0.2, -0.15) is 0 Å². The van der Waals surface area contributed by atoms with Crippen molar-refractivity contribution in [3.05, 3.63) is 29.0 Å². The fourth-order valence-corrected chi connectivity index (χ4v) is 1.49. The molecule has 2 heterocycles. The molecule has 0 saturated heterocycles. The predicted octanol–water partition coefficient (Wildman–Crippen LogP) is 2.04. The van der Waals surface area contributed by atoms with Crippen LogP contribution in [0, 0.1) is 0 Å². The Morgan fingerprint density at radius 3 is 3.00 bits per heavy atom. The molecule has 13 heavy (non-hydrogen) atoms. The first-order valence-corrected chi connectivity index (χ1v) is 4.16. The van der Waals surface area contributed by atoms with Crippen LogP contribution in [0.15, 0.2) is 18.3 Å². The minimum absolute atomic E-state index is 0.579. The van der Waals surface area contributed by atoms with Gasteiger partial charge in [0.1, 0.15) is 5.65 Å². The Labute approximate surface area is 79.9 Å². The van der Waals surface area contributed by atoms with E-state index < -0.39 is 0 Å². The highest BCUT2D eigenvalue weighted by atomic mass is 35.5. The van der Waals surface area contributed by atoms with E-state index in [0.717, 1.165) is 17.3 Å². The molecule has 3 nitrogen and oxygen atoms in total. The zero-order chi connectivity index (χ0) is 9.42. The van der Waals surface area contributed by atoms with Crippen molar-refractivity contribution >= 4 is 28.9 Å². The molecule has 0 fully saturated rings. The van der Waals surface area contributed by atoms with Crippen molar-refractivity contribution in [3.63, 3.8) is 0 Å². The molecule has 0 aromatic carbocycles. The number of aryl methyl sites for hydroxylation is 1. The molecule has 0 aliphatic rings. The molecule has 0 unspecified atom stereocenters. The van der Waals surface area contributed by atoms with Crippen LogP contribution in [0.3, 0.4) is 0 Å². The predicted molar refractivity (Wildman–Crippen MR) is 51.1 cm³/mol. The molecule has 0 spiro atoms. The van der Waals surface area contributed by atoms with Crippen LogP contribution in [-0.4, -0.2) is 15.8 Å². The molecule has 4 heteroatoms. The van der Waals surface area contributed by atoms with Gasteiger partial charge in [0.05, 0.1) is 10.7 Å². The van der Waals surface area contributed by atoms with Crippen LogP contribution in [-0.2, 0) is 7.05 Å². The summed E-state index contributed by atoms with van der Waals surface area (Å²) in [4.78, 5) is 14.7. The van der Waals surface area contributed by atoms with E-state index in [1.165, 1.54) is 0 Å². The lowest BCUT2D eigenvalue weighted by molar-refractivity contribution is 0.111. The first kappa shape index (κ1) is 8.26. The molecule has 0 saturated carbocycles. The van der Waals surface area contributed by atoms with E-state index in [1.54, 1.807) is 29.9 Å². The maximum absolute atomic E-state index is 10.6. The monoisotopic (exact) mass is 194 g/mol. The molecule has 66 valence electrons. The number of rotatable bonds is 1. The van der Waals surface area contributed by atoms with Gasteiger partial charge in [0.25, 0.3) is 0 Å². The molecule has 0 atom stereocenters. The number of nitrogens with zero attached hydrogens (tertiary/aromatic N) is 2. The molecular formula is C9H7ClN2O. The van der Waals surface area contributed by atoms with Crippen molar-refractivity contribution in [1.82, 2.24) is 9.55 Å². The van der Waals surface area contributed by atoms with Gasteiger partial charge in [0.15, 0.2) is 6.29 Å². The lowest BCUT2D eigenvalue weighted by atomic mass is 10.3. The summed E-state index contributed by atoms with van der Waals surface area (Å²) in [7, 11) is 1.80. The van der Waals surface area contributed by atoms with Gasteiger partial charge in [-0.1, -0.05) is 11.6 Å². The molecule has 2 aromatic rings. The smallest absolute Gasteiger partial charge is 0.166 e. The lowest BCUT2D eigenvalue weighted by Gasteiger charge is -1.95. The molecule has 0 amide bonds. The van der Waals surface area contributed by atoms with E-state index >= 15 is 0 Å². The Morgan fingerprint density at radius 1 is 1.54 bits per heavy atom. The van der Waals surface area contributed by atoms with Crippen molar-refractivity contribution in [2.45, 2.75) is 0 Å². The van der Waals surface area contributed by atoms with E-state index in [4.69, 9.17) is 11.6 Å². The highest BCUT2D eigenvalue weighted by Crippen LogP contribution is 2.18. The summed E-state index contributed by atoms with van der Waals surface area (Å²) in [5, 5.41) is 1.47. The number of carbonyl (C=O) groups excluding carboxylic acids is 1. The Kier molecular flexibility index (Phi) is 1.81. The largest absolute Gasteiger partial charge is 0.326 e. The molecule has 0 bridgehead atoms. The van der Waals surface area contributed by atoms with E-state index in [-0.39, 0.29) is 0 Å². The molecule has 0 radical (unpaired) electrons. The summed E-state index contributed by atoms with van der Waals surface area (Å²) < 4.78 is 1.73. The van der Waals surface area contributed by atoms with Crippen LogP contribution >= 0.6 is 11.6 Å². The number of aromatic nitrogens is 2. The number of pyridine rings is 1. The summed E-state index contributed by atoms with van der Waals surface area (Å²) >= 11 is 5.76. The van der Waals surface area contributed by atoms with Crippen LogP contribution in [0.1, 0.15) is 10.5 Å². The van der Waals surface area contributed by atoms with E-state index in [2.05, 4.69) is 4.98 Å². The standard InChI is InChI=1S/C9H7ClN2O/c1-12-8(5-13)3-6-2-7(10)4-11-9(6)12/h2-5H,1H3. The van der Waals surface area contributed by atoms with E-state index in [1.807, 2.05) is 0 Å². The minimum Gasteiger partial charge on any atom is -0.326 e. The summed E-state index contributed by atoms with van der Waals surface area (Å²) in [5.41, 5.74) is 1.37. The third-order valence-corrected chi connectivity index (χ3v) is 2.20. The number of halogens is 1. The first-order chi connectivity index (χ1) is 6.22. The van der Waals surface area contributed by atoms with Crippen molar-refractivity contribution < 1.29 is 4.79 Å². The molecule has 2 rings (SSSR count). The van der Waals surface area contributed by atoms with Crippen LogP contribution in [0.5, 0.6) is 0 Å². The minimum atomic E-state index is 0.579. The zero-order valence-electron chi connectivity index (χ0n) is 6.99. The van der Waals surface area contributed by atoms with Crippen molar-refractivity contribution in [1.29, 1.82) is 0 Å². The zero-order valence-corrected chi connectivity index (χ0v) is 7.75. The molecule has 2 aromatic heterocycles. The highest BCUT2D eigenvalue weighted by Gasteiger charge is 2.05. The quantitative estimate of drug-likeness (QED) is 0.652. The average molecular weight is 195 g/mol. The van der Waals surface area contributed by atoms with Gasteiger partial charge in [0.2, 0.25) is 0 Å². The topological polar surface area (TPSA) is 34.9 Å². The van der Waals surface area contributed by atoms with Gasteiger partial charge in [-0.25, -0.2) is 4.98 Å². The second kappa shape index (κ2) is 2.85. The number of aldehydes is 1. The van der Waals surface area contributed by atoms with Crippen molar-refractivity contribution in [3.8, 4) is 0 Å². The maximum atomic E-state index is 10.6. The Bertz CT molecular complexity index is 476. The number of hydrogen-bond acceptors (Lipinski definition) is 2. The average Bonchev–Trinajstić information content (AvgIpc) is 2.42. The Morgan fingerprint density at radius 2 is 2.31 bits per heavy atom. The molecule has 0 aliphatic carbocycles. The van der Waals surface area contributed by atoms with E-state index in [0.29, 0.717) is 10.7 Å². The normalized spacial score (nSPS) is 10.6. The van der Waals surface area contributed by atoms with Crippen LogP contribution < -0.4 is 0 Å². The highest BCUT2D eigenvalue weighted by molar-refractivity contribution is 6.31. The van der Waals surface area contributed by atoms with E-state index in [9.17, 15) is 4.79 Å². The lowest BCUT2D eigenvalue weighted by Crippen LogP contribution is -1.94. The Balaban J connectivity index is 2.83. The second-order valence-corrected chi connectivity index (χ2v) is 3.25. The fourth-order valence-electron chi connectivity index (χ4n) is 1.33. The first-order valence-electron chi connectivity index (χ1n) is 3.78. The Hall–Kier alpha value is -1.35. The van der Waals surface area contributed by atoms with Crippen LogP contribution in [0.4, 0.5) is 0 Å². The third-order valence-electron chi connectivity index (χ3n) is 1.99. The van der Waals surface area contributed by atoms with Gasteiger partial charge >= 0.3 is 0 Å². The summed E-state index contributed by atoms with van der Waals surface area (Å²) in [6, 6.07) is 3.55. The van der Waals surface area contributed by atoms with Gasteiger partial charge in [0, 0.05) is 18.6 Å². The fraction of sp³-hybridized carbons (Fsp3) is 0.111. The third kappa shape index (κ3) is 1.21. The number of fused-ring (bicyclic) bond motifs is 1. The van der Waals surface area contributed by atoms with Gasteiger partial charge in [-0.15, -0.1) is 0 Å². The summed E-state index contributed by atoms with van der Waals surface area (Å²) in [5.74, 6) is 0. The molecular weight excluding hydrogens is 188 g/mol. The number of carbonyl (C=O) groups is 1. The molecule has 0 N–H and O–H groups in total. The van der Waals surface area contributed by atoms with Gasteiger partial charge in [-0.3, -0.25) is 4.79 Å². The summed E-state index contributed by atoms with van der Waals surface area (Å²) in [6.45, 7) is 0. The number of hydrogen-bond donors (Lipinski definition) is 0. The van der Waals surface area contributed by atoms with Crippen molar-refractivity contribution in [2.24, 2.45) is 7.05 Å². The van der Waals surface area contributed by atoms with Crippen molar-refractivity contribution in [2.75, 3.05) is 0 Å². The second-order valence-electron chi connectivity index (χ2n) is 2.81. The SMILES string of the molecule is Cn1c(C=O)cc2cc(Cl)cnc21. The van der Waals surface area contributed by atoms with Gasteiger partial charge < -0.3 is 4.57 Å². The van der Waals surface area contributed by atoms with Crippen LogP contribution in [0.25, 0.3) is 11.0 Å². The maximum Gasteiger partial charge on any atom is 0.166 e. The summed E-state index contributed by atoms with van der Waals surface area (Å²) in [6.07, 6.45) is 2.37. The van der Waals surface area contributed by atoms with Crippen LogP contribution in [0.2, 0.25) is 5.02 Å². The van der Waals surface area contributed by atoms with Gasteiger partial charge in [-0.05, 0) is 12.1 Å².